The van der Waals surface area contributed by atoms with E-state index in [1.165, 1.54) is 17.0 Å². The SMILES string of the molecule is CC[C@H](C(=O)NC(C)C)N(CCc1ccccc1)C(=O)CN(c1ccc(Oc2ccccc2)cc1)S(=O)(=O)c1ccc(C)cc1. The molecule has 4 rings (SSSR count). The lowest BCUT2D eigenvalue weighted by Crippen LogP contribution is -2.54. The molecule has 1 atom stereocenters. The molecule has 0 unspecified atom stereocenters. The number of amides is 2. The molecule has 0 fully saturated rings. The van der Waals surface area contributed by atoms with E-state index in [0.29, 0.717) is 30.0 Å². The van der Waals surface area contributed by atoms with Crippen LogP contribution in [0.4, 0.5) is 5.69 Å². The first-order valence-electron chi connectivity index (χ1n) is 15.1. The topological polar surface area (TPSA) is 96.0 Å². The van der Waals surface area contributed by atoms with Gasteiger partial charge in [0.15, 0.2) is 0 Å². The molecular formula is C36H41N3O5S. The first-order valence-corrected chi connectivity index (χ1v) is 16.6. The number of ether oxygens (including phenoxy) is 1. The number of nitrogens with zero attached hydrogens (tertiary/aromatic N) is 2. The Morgan fingerprint density at radius 1 is 0.800 bits per heavy atom. The van der Waals surface area contributed by atoms with Crippen LogP contribution < -0.4 is 14.4 Å². The van der Waals surface area contributed by atoms with Crippen LogP contribution in [0.3, 0.4) is 0 Å². The second-order valence-corrected chi connectivity index (χ2v) is 13.0. The number of hydrogen-bond donors (Lipinski definition) is 1. The van der Waals surface area contributed by atoms with Crippen LogP contribution in [0.25, 0.3) is 0 Å². The van der Waals surface area contributed by atoms with Crippen LogP contribution in [-0.2, 0) is 26.0 Å². The lowest BCUT2D eigenvalue weighted by atomic mass is 10.1. The molecule has 0 bridgehead atoms. The van der Waals surface area contributed by atoms with E-state index >= 15 is 0 Å². The third kappa shape index (κ3) is 8.95. The van der Waals surface area contributed by atoms with Crippen LogP contribution in [0.1, 0.15) is 38.3 Å². The molecule has 0 aliphatic heterocycles. The summed E-state index contributed by atoms with van der Waals surface area (Å²) in [5.41, 5.74) is 2.22. The monoisotopic (exact) mass is 627 g/mol. The summed E-state index contributed by atoms with van der Waals surface area (Å²) in [6.45, 7) is 7.20. The molecule has 2 amide bonds. The van der Waals surface area contributed by atoms with Crippen LogP contribution >= 0.6 is 0 Å². The minimum atomic E-state index is -4.17. The van der Waals surface area contributed by atoms with Crippen molar-refractivity contribution in [2.75, 3.05) is 17.4 Å². The van der Waals surface area contributed by atoms with Gasteiger partial charge in [0.05, 0.1) is 10.6 Å². The van der Waals surface area contributed by atoms with Gasteiger partial charge >= 0.3 is 0 Å². The van der Waals surface area contributed by atoms with Crippen molar-refractivity contribution >= 4 is 27.5 Å². The Balaban J connectivity index is 1.69. The van der Waals surface area contributed by atoms with Gasteiger partial charge in [0.25, 0.3) is 10.0 Å². The van der Waals surface area contributed by atoms with Crippen LogP contribution in [0.15, 0.2) is 114 Å². The van der Waals surface area contributed by atoms with Crippen LogP contribution in [0.2, 0.25) is 0 Å². The van der Waals surface area contributed by atoms with Crippen LogP contribution in [-0.4, -0.2) is 50.3 Å². The van der Waals surface area contributed by atoms with Crippen molar-refractivity contribution in [3.8, 4) is 11.5 Å². The minimum absolute atomic E-state index is 0.0611. The van der Waals surface area contributed by atoms with Crippen molar-refractivity contribution in [2.24, 2.45) is 0 Å². The summed E-state index contributed by atoms with van der Waals surface area (Å²) < 4.78 is 35.3. The zero-order valence-electron chi connectivity index (χ0n) is 26.2. The summed E-state index contributed by atoms with van der Waals surface area (Å²) in [7, 11) is -4.17. The molecule has 0 radical (unpaired) electrons. The molecule has 9 heteroatoms. The highest BCUT2D eigenvalue weighted by molar-refractivity contribution is 7.92. The van der Waals surface area contributed by atoms with E-state index in [-0.39, 0.29) is 23.4 Å². The fraction of sp³-hybridized carbons (Fsp3) is 0.278. The fourth-order valence-corrected chi connectivity index (χ4v) is 6.36. The summed E-state index contributed by atoms with van der Waals surface area (Å²) in [5, 5.41) is 2.92. The quantitative estimate of drug-likeness (QED) is 0.176. The number of nitrogens with one attached hydrogen (secondary N) is 1. The summed E-state index contributed by atoms with van der Waals surface area (Å²) in [6.07, 6.45) is 0.879. The van der Waals surface area contributed by atoms with Gasteiger partial charge in [0, 0.05) is 12.6 Å². The minimum Gasteiger partial charge on any atom is -0.457 e. The Labute approximate surface area is 266 Å². The van der Waals surface area contributed by atoms with Gasteiger partial charge in [-0.05, 0) is 87.7 Å². The Bertz CT molecular complexity index is 1640. The van der Waals surface area contributed by atoms with Gasteiger partial charge in [-0.25, -0.2) is 8.42 Å². The molecule has 1 N–H and O–H groups in total. The fourth-order valence-electron chi connectivity index (χ4n) is 4.95. The first-order chi connectivity index (χ1) is 21.6. The van der Waals surface area contributed by atoms with Crippen molar-refractivity contribution in [3.63, 3.8) is 0 Å². The van der Waals surface area contributed by atoms with E-state index < -0.39 is 28.5 Å². The molecule has 0 aliphatic rings. The average molecular weight is 628 g/mol. The molecule has 0 saturated heterocycles. The molecule has 236 valence electrons. The van der Waals surface area contributed by atoms with Crippen molar-refractivity contribution in [3.05, 3.63) is 120 Å². The predicted octanol–water partition coefficient (Wildman–Crippen LogP) is 6.36. The van der Waals surface area contributed by atoms with E-state index in [4.69, 9.17) is 4.74 Å². The second-order valence-electron chi connectivity index (χ2n) is 11.1. The number of carbonyl (C=O) groups is 2. The molecule has 0 aliphatic carbocycles. The molecule has 0 heterocycles. The number of rotatable bonds is 14. The predicted molar refractivity (Wildman–Crippen MR) is 178 cm³/mol. The van der Waals surface area contributed by atoms with Crippen LogP contribution in [0.5, 0.6) is 11.5 Å². The summed E-state index contributed by atoms with van der Waals surface area (Å²) in [6, 6.07) is 31.1. The third-order valence-electron chi connectivity index (χ3n) is 7.29. The summed E-state index contributed by atoms with van der Waals surface area (Å²) in [4.78, 5) is 29.0. The Morgan fingerprint density at radius 2 is 1.38 bits per heavy atom. The molecule has 4 aromatic carbocycles. The zero-order valence-corrected chi connectivity index (χ0v) is 27.0. The molecule has 0 spiro atoms. The van der Waals surface area contributed by atoms with Gasteiger partial charge in [-0.3, -0.25) is 13.9 Å². The maximum atomic E-state index is 14.2. The van der Waals surface area contributed by atoms with Crippen molar-refractivity contribution < 1.29 is 22.7 Å². The number of benzene rings is 4. The Morgan fingerprint density at radius 3 is 1.96 bits per heavy atom. The number of carbonyl (C=O) groups excluding carboxylic acids is 2. The van der Waals surface area contributed by atoms with E-state index in [2.05, 4.69) is 5.32 Å². The number of para-hydroxylation sites is 1. The summed E-state index contributed by atoms with van der Waals surface area (Å²) in [5.74, 6) is 0.412. The highest BCUT2D eigenvalue weighted by atomic mass is 32.2. The largest absolute Gasteiger partial charge is 0.457 e. The second kappa shape index (κ2) is 15.4. The Kier molecular flexibility index (Phi) is 11.4. The molecular weight excluding hydrogens is 586 g/mol. The molecule has 0 saturated carbocycles. The van der Waals surface area contributed by atoms with Gasteiger partial charge in [-0.1, -0.05) is 73.2 Å². The van der Waals surface area contributed by atoms with Gasteiger partial charge in [-0.15, -0.1) is 0 Å². The first kappa shape index (κ1) is 33.3. The van der Waals surface area contributed by atoms with E-state index in [1.807, 2.05) is 88.4 Å². The highest BCUT2D eigenvalue weighted by Gasteiger charge is 2.33. The van der Waals surface area contributed by atoms with Crippen molar-refractivity contribution in [1.29, 1.82) is 0 Å². The molecule has 8 nitrogen and oxygen atoms in total. The maximum Gasteiger partial charge on any atom is 0.264 e. The smallest absolute Gasteiger partial charge is 0.264 e. The van der Waals surface area contributed by atoms with E-state index in [0.717, 1.165) is 15.4 Å². The molecule has 0 aromatic heterocycles. The Hall–Kier alpha value is -4.63. The van der Waals surface area contributed by atoms with Crippen LogP contribution in [0, 0.1) is 6.92 Å². The van der Waals surface area contributed by atoms with E-state index in [1.54, 1.807) is 36.4 Å². The standard InChI is InChI=1S/C36H41N3O5S/c1-5-34(36(41)37-27(2)3)38(25-24-29-12-8-6-9-13-29)35(40)26-39(45(42,43)33-22-16-28(4)17-23-33)30-18-20-32(21-19-30)44-31-14-10-7-11-15-31/h6-23,27,34H,5,24-26H2,1-4H3,(H,37,41)/t34-/m1/s1. The number of anilines is 1. The average Bonchev–Trinajstić information content (AvgIpc) is 3.03. The lowest BCUT2D eigenvalue weighted by Gasteiger charge is -2.33. The number of hydrogen-bond acceptors (Lipinski definition) is 5. The zero-order chi connectivity index (χ0) is 32.4. The normalized spacial score (nSPS) is 11.9. The van der Waals surface area contributed by atoms with Gasteiger partial charge in [0.1, 0.15) is 24.1 Å². The van der Waals surface area contributed by atoms with Crippen molar-refractivity contribution in [1.82, 2.24) is 10.2 Å². The lowest BCUT2D eigenvalue weighted by molar-refractivity contribution is -0.139. The summed E-state index contributed by atoms with van der Waals surface area (Å²) >= 11 is 0. The number of sulfonamides is 1. The molecule has 45 heavy (non-hydrogen) atoms. The van der Waals surface area contributed by atoms with Crippen molar-refractivity contribution in [2.45, 2.75) is 57.5 Å². The maximum absolute atomic E-state index is 14.2. The molecule has 4 aromatic rings. The van der Waals surface area contributed by atoms with E-state index in [9.17, 15) is 18.0 Å². The van der Waals surface area contributed by atoms with Gasteiger partial charge < -0.3 is 15.0 Å². The third-order valence-corrected chi connectivity index (χ3v) is 9.08. The van der Waals surface area contributed by atoms with Gasteiger partial charge in [0.2, 0.25) is 11.8 Å². The van der Waals surface area contributed by atoms with Gasteiger partial charge in [-0.2, -0.15) is 0 Å². The highest BCUT2D eigenvalue weighted by Crippen LogP contribution is 2.28. The number of aryl methyl sites for hydroxylation is 1.